The first-order chi connectivity index (χ1) is 6.42. The Hall–Kier alpha value is -1.26. The molecule has 5 heteroatoms. The maximum Gasteiger partial charge on any atom is 0.389 e. The number of rotatable bonds is 3. The Morgan fingerprint density at radius 2 is 2.14 bits per heavy atom. The van der Waals surface area contributed by atoms with Gasteiger partial charge in [-0.1, -0.05) is 0 Å². The molecule has 1 aromatic rings. The molecular formula is C9H10F3NO. The number of hydrogen-bond acceptors (Lipinski definition) is 1. The van der Waals surface area contributed by atoms with Gasteiger partial charge in [-0.25, -0.2) is 0 Å². The summed E-state index contributed by atoms with van der Waals surface area (Å²) in [6.07, 6.45) is -2.91. The molecule has 0 unspecified atom stereocenters. The second-order valence-corrected chi connectivity index (χ2v) is 3.12. The van der Waals surface area contributed by atoms with Crippen LogP contribution in [0.2, 0.25) is 0 Å². The molecule has 14 heavy (non-hydrogen) atoms. The number of halogens is 3. The normalized spacial score (nSPS) is 11.7. The second kappa shape index (κ2) is 3.86. The third kappa shape index (κ3) is 2.90. The van der Waals surface area contributed by atoms with Crippen molar-refractivity contribution in [3.63, 3.8) is 0 Å². The monoisotopic (exact) mass is 205 g/mol. The lowest BCUT2D eigenvalue weighted by atomic mass is 10.2. The van der Waals surface area contributed by atoms with Crippen molar-refractivity contribution in [2.24, 2.45) is 7.05 Å². The molecule has 0 aromatic carbocycles. The van der Waals surface area contributed by atoms with Gasteiger partial charge in [0.25, 0.3) is 0 Å². The van der Waals surface area contributed by atoms with E-state index in [0.717, 1.165) is 0 Å². The summed E-state index contributed by atoms with van der Waals surface area (Å²) in [6, 6.07) is 1.47. The summed E-state index contributed by atoms with van der Waals surface area (Å²) in [5.41, 5.74) is 0.925. The van der Waals surface area contributed by atoms with E-state index in [2.05, 4.69) is 0 Å². The Balaban J connectivity index is 2.64. The number of hydrogen-bond donors (Lipinski definition) is 0. The van der Waals surface area contributed by atoms with Crippen LogP contribution in [-0.4, -0.2) is 17.0 Å². The summed E-state index contributed by atoms with van der Waals surface area (Å²) < 4.78 is 37.1. The van der Waals surface area contributed by atoms with E-state index in [0.29, 0.717) is 17.5 Å². The van der Waals surface area contributed by atoms with Crippen LogP contribution in [0.25, 0.3) is 0 Å². The van der Waals surface area contributed by atoms with Gasteiger partial charge in [0.15, 0.2) is 6.29 Å². The predicted octanol–water partition coefficient (Wildman–Crippen LogP) is 2.33. The fraction of sp³-hybridized carbons (Fsp3) is 0.444. The number of aldehydes is 1. The van der Waals surface area contributed by atoms with E-state index in [1.165, 1.54) is 16.8 Å². The topological polar surface area (TPSA) is 22.0 Å². The number of carbonyl (C=O) groups is 1. The second-order valence-electron chi connectivity index (χ2n) is 3.12. The van der Waals surface area contributed by atoms with E-state index in [4.69, 9.17) is 0 Å². The van der Waals surface area contributed by atoms with Crippen LogP contribution in [-0.2, 0) is 13.5 Å². The first-order valence-electron chi connectivity index (χ1n) is 4.09. The molecule has 1 heterocycles. The van der Waals surface area contributed by atoms with Crippen LogP contribution in [0.15, 0.2) is 12.3 Å². The molecule has 1 aromatic heterocycles. The number of carbonyl (C=O) groups excluding carboxylic acids is 1. The molecule has 0 aliphatic rings. The standard InChI is InChI=1S/C9H10F3NO/c1-13-5-7(4-8(13)6-14)2-3-9(10,11)12/h4-6H,2-3H2,1H3. The summed E-state index contributed by atoms with van der Waals surface area (Å²) in [5, 5.41) is 0. The Morgan fingerprint density at radius 1 is 1.50 bits per heavy atom. The third-order valence-electron chi connectivity index (χ3n) is 1.92. The van der Waals surface area contributed by atoms with Crippen LogP contribution in [0.4, 0.5) is 13.2 Å². The molecule has 0 aliphatic carbocycles. The highest BCUT2D eigenvalue weighted by atomic mass is 19.4. The maximum absolute atomic E-state index is 11.9. The van der Waals surface area contributed by atoms with Crippen molar-refractivity contribution < 1.29 is 18.0 Å². The minimum atomic E-state index is -4.14. The summed E-state index contributed by atoms with van der Waals surface area (Å²) in [7, 11) is 1.63. The summed E-state index contributed by atoms with van der Waals surface area (Å²) in [5.74, 6) is 0. The first-order valence-corrected chi connectivity index (χ1v) is 4.09. The van der Waals surface area contributed by atoms with Gasteiger partial charge < -0.3 is 4.57 Å². The smallest absolute Gasteiger partial charge is 0.348 e. The van der Waals surface area contributed by atoms with Gasteiger partial charge in [0, 0.05) is 19.7 Å². The largest absolute Gasteiger partial charge is 0.389 e. The summed E-state index contributed by atoms with van der Waals surface area (Å²) in [6.45, 7) is 0. The molecule has 0 fully saturated rings. The number of alkyl halides is 3. The van der Waals surface area contributed by atoms with E-state index < -0.39 is 12.6 Å². The fourth-order valence-electron chi connectivity index (χ4n) is 1.19. The van der Waals surface area contributed by atoms with Crippen molar-refractivity contribution in [1.29, 1.82) is 0 Å². The number of nitrogens with zero attached hydrogens (tertiary/aromatic N) is 1. The average Bonchev–Trinajstić information content (AvgIpc) is 2.42. The zero-order valence-electron chi connectivity index (χ0n) is 7.64. The molecule has 2 nitrogen and oxygen atoms in total. The van der Waals surface area contributed by atoms with Crippen LogP contribution in [0.5, 0.6) is 0 Å². The van der Waals surface area contributed by atoms with Crippen molar-refractivity contribution >= 4 is 6.29 Å². The molecule has 0 saturated carbocycles. The summed E-state index contributed by atoms with van der Waals surface area (Å²) in [4.78, 5) is 10.4. The molecule has 0 saturated heterocycles. The van der Waals surface area contributed by atoms with Gasteiger partial charge in [0.05, 0.1) is 5.69 Å². The van der Waals surface area contributed by atoms with E-state index in [1.807, 2.05) is 0 Å². The molecule has 0 spiro atoms. The molecule has 0 N–H and O–H groups in total. The molecule has 0 aliphatic heterocycles. The molecule has 0 atom stereocenters. The van der Waals surface area contributed by atoms with Crippen molar-refractivity contribution in [2.75, 3.05) is 0 Å². The first kappa shape index (κ1) is 10.8. The predicted molar refractivity (Wildman–Crippen MR) is 45.2 cm³/mol. The van der Waals surface area contributed by atoms with Crippen LogP contribution in [0, 0.1) is 0 Å². The highest BCUT2D eigenvalue weighted by molar-refractivity contribution is 5.72. The van der Waals surface area contributed by atoms with Crippen molar-refractivity contribution in [3.8, 4) is 0 Å². The summed E-state index contributed by atoms with van der Waals surface area (Å²) >= 11 is 0. The fourth-order valence-corrected chi connectivity index (χ4v) is 1.19. The molecule has 78 valence electrons. The maximum atomic E-state index is 11.9. The van der Waals surface area contributed by atoms with Gasteiger partial charge in [-0.15, -0.1) is 0 Å². The molecular weight excluding hydrogens is 195 g/mol. The SMILES string of the molecule is Cn1cc(CCC(F)(F)F)cc1C=O. The van der Waals surface area contributed by atoms with Gasteiger partial charge in [-0.2, -0.15) is 13.2 Å². The number of aromatic nitrogens is 1. The van der Waals surface area contributed by atoms with E-state index in [1.54, 1.807) is 7.05 Å². The zero-order valence-corrected chi connectivity index (χ0v) is 7.64. The third-order valence-corrected chi connectivity index (χ3v) is 1.92. The highest BCUT2D eigenvalue weighted by Gasteiger charge is 2.26. The van der Waals surface area contributed by atoms with Crippen LogP contribution >= 0.6 is 0 Å². The highest BCUT2D eigenvalue weighted by Crippen LogP contribution is 2.22. The lowest BCUT2D eigenvalue weighted by Crippen LogP contribution is -2.08. The van der Waals surface area contributed by atoms with Gasteiger partial charge >= 0.3 is 6.18 Å². The van der Waals surface area contributed by atoms with Crippen LogP contribution in [0.1, 0.15) is 22.5 Å². The molecule has 0 bridgehead atoms. The molecule has 0 amide bonds. The Labute approximate surface area is 79.3 Å². The average molecular weight is 205 g/mol. The van der Waals surface area contributed by atoms with Crippen molar-refractivity contribution in [2.45, 2.75) is 19.0 Å². The Bertz CT molecular complexity index is 327. The lowest BCUT2D eigenvalue weighted by molar-refractivity contribution is -0.133. The van der Waals surface area contributed by atoms with Crippen LogP contribution in [0.3, 0.4) is 0 Å². The Morgan fingerprint density at radius 3 is 2.57 bits per heavy atom. The van der Waals surface area contributed by atoms with Crippen LogP contribution < -0.4 is 0 Å². The molecule has 1 rings (SSSR count). The van der Waals surface area contributed by atoms with Gasteiger partial charge in [-0.05, 0) is 18.1 Å². The van der Waals surface area contributed by atoms with E-state index in [9.17, 15) is 18.0 Å². The minimum absolute atomic E-state index is 0.0782. The Kier molecular flexibility index (Phi) is 2.98. The van der Waals surface area contributed by atoms with Crippen molar-refractivity contribution in [1.82, 2.24) is 4.57 Å². The number of aryl methyl sites for hydroxylation is 2. The minimum Gasteiger partial charge on any atom is -0.348 e. The van der Waals surface area contributed by atoms with E-state index >= 15 is 0 Å². The lowest BCUT2D eigenvalue weighted by Gasteiger charge is -2.03. The van der Waals surface area contributed by atoms with Gasteiger partial charge in [-0.3, -0.25) is 4.79 Å². The van der Waals surface area contributed by atoms with Gasteiger partial charge in [0.2, 0.25) is 0 Å². The van der Waals surface area contributed by atoms with Gasteiger partial charge in [0.1, 0.15) is 0 Å². The van der Waals surface area contributed by atoms with E-state index in [-0.39, 0.29) is 6.42 Å². The molecule has 0 radical (unpaired) electrons. The zero-order chi connectivity index (χ0) is 10.8. The van der Waals surface area contributed by atoms with Crippen molar-refractivity contribution in [3.05, 3.63) is 23.5 Å². The quantitative estimate of drug-likeness (QED) is 0.694.